The molecule has 0 aliphatic rings. The van der Waals surface area contributed by atoms with Crippen LogP contribution in [0.2, 0.25) is 5.15 Å². The molecule has 0 aliphatic heterocycles. The zero-order valence-corrected chi connectivity index (χ0v) is 7.87. The van der Waals surface area contributed by atoms with Crippen LogP contribution in [0.15, 0.2) is 6.20 Å². The van der Waals surface area contributed by atoms with Gasteiger partial charge in [-0.25, -0.2) is 0 Å². The van der Waals surface area contributed by atoms with Crippen molar-refractivity contribution in [2.75, 3.05) is 0 Å². The summed E-state index contributed by atoms with van der Waals surface area (Å²) in [6, 6.07) is 0. The molecule has 68 valence electrons. The predicted molar refractivity (Wildman–Crippen MR) is 46.2 cm³/mol. The lowest BCUT2D eigenvalue weighted by atomic mass is 10.6. The Morgan fingerprint density at radius 2 is 2.17 bits per heavy atom. The third kappa shape index (κ3) is 2.20. The molecule has 0 fully saturated rings. The summed E-state index contributed by atoms with van der Waals surface area (Å²) in [7, 11) is 1.54. The molecule has 0 aromatic carbocycles. The van der Waals surface area contributed by atoms with Crippen molar-refractivity contribution in [3.05, 3.63) is 21.5 Å². The molecular formula is C6H10ClN3O2. The van der Waals surface area contributed by atoms with E-state index in [2.05, 4.69) is 5.10 Å². The Morgan fingerprint density at radius 1 is 1.67 bits per heavy atom. The molecule has 0 saturated carbocycles. The van der Waals surface area contributed by atoms with Crippen molar-refractivity contribution in [1.82, 2.24) is 9.78 Å². The molecule has 0 unspecified atom stereocenters. The third-order valence-electron chi connectivity index (χ3n) is 1.05. The first-order valence-electron chi connectivity index (χ1n) is 3.45. The summed E-state index contributed by atoms with van der Waals surface area (Å²) < 4.78 is 1.24. The maximum atomic E-state index is 10.1. The van der Waals surface area contributed by atoms with Crippen LogP contribution >= 0.6 is 11.6 Å². The quantitative estimate of drug-likeness (QED) is 0.504. The average molecular weight is 192 g/mol. The molecule has 0 saturated heterocycles. The van der Waals surface area contributed by atoms with Gasteiger partial charge >= 0.3 is 5.69 Å². The first-order chi connectivity index (χ1) is 5.63. The molecule has 0 bridgehead atoms. The number of hydrogen-bond acceptors (Lipinski definition) is 3. The van der Waals surface area contributed by atoms with Crippen LogP contribution in [0, 0.1) is 10.1 Å². The lowest BCUT2D eigenvalue weighted by molar-refractivity contribution is -0.384. The fourth-order valence-electron chi connectivity index (χ4n) is 0.533. The zero-order valence-electron chi connectivity index (χ0n) is 7.11. The second-order valence-electron chi connectivity index (χ2n) is 1.70. The molecule has 1 aromatic rings. The molecule has 1 rings (SSSR count). The Hall–Kier alpha value is -1.10. The monoisotopic (exact) mass is 191 g/mol. The van der Waals surface area contributed by atoms with E-state index < -0.39 is 4.92 Å². The molecule has 6 heteroatoms. The van der Waals surface area contributed by atoms with Crippen molar-refractivity contribution < 1.29 is 4.92 Å². The maximum Gasteiger partial charge on any atom is 0.325 e. The number of aryl methyl sites for hydroxylation is 1. The van der Waals surface area contributed by atoms with Crippen molar-refractivity contribution in [3.63, 3.8) is 0 Å². The number of nitrogens with zero attached hydrogens (tertiary/aromatic N) is 3. The van der Waals surface area contributed by atoms with E-state index in [-0.39, 0.29) is 10.8 Å². The highest BCUT2D eigenvalue weighted by molar-refractivity contribution is 6.31. The van der Waals surface area contributed by atoms with E-state index in [1.807, 2.05) is 13.8 Å². The molecular weight excluding hydrogens is 182 g/mol. The number of nitro groups is 1. The van der Waals surface area contributed by atoms with Crippen LogP contribution in [-0.4, -0.2) is 14.7 Å². The lowest BCUT2D eigenvalue weighted by Gasteiger charge is -1.87. The second kappa shape index (κ2) is 4.71. The fourth-order valence-corrected chi connectivity index (χ4v) is 0.695. The molecule has 12 heavy (non-hydrogen) atoms. The van der Waals surface area contributed by atoms with Crippen molar-refractivity contribution in [1.29, 1.82) is 0 Å². The Kier molecular flexibility index (Phi) is 4.28. The second-order valence-corrected chi connectivity index (χ2v) is 2.06. The summed E-state index contributed by atoms with van der Waals surface area (Å²) >= 11 is 5.46. The lowest BCUT2D eigenvalue weighted by Crippen LogP contribution is -1.90. The van der Waals surface area contributed by atoms with Gasteiger partial charge in [0.25, 0.3) is 0 Å². The van der Waals surface area contributed by atoms with Crippen LogP contribution < -0.4 is 0 Å². The van der Waals surface area contributed by atoms with Crippen molar-refractivity contribution in [2.24, 2.45) is 7.05 Å². The van der Waals surface area contributed by atoms with Crippen molar-refractivity contribution in [3.8, 4) is 0 Å². The molecule has 0 aliphatic carbocycles. The van der Waals surface area contributed by atoms with E-state index in [0.717, 1.165) is 6.20 Å². The van der Waals surface area contributed by atoms with Gasteiger partial charge in [0.15, 0.2) is 0 Å². The van der Waals surface area contributed by atoms with Gasteiger partial charge in [0.05, 0.1) is 4.92 Å². The van der Waals surface area contributed by atoms with Gasteiger partial charge in [-0.1, -0.05) is 25.4 Å². The first kappa shape index (κ1) is 10.9. The van der Waals surface area contributed by atoms with Crippen molar-refractivity contribution >= 4 is 17.3 Å². The summed E-state index contributed by atoms with van der Waals surface area (Å²) in [5.74, 6) is 0. The summed E-state index contributed by atoms with van der Waals surface area (Å²) in [5.41, 5.74) is -0.163. The van der Waals surface area contributed by atoms with Gasteiger partial charge in [0.1, 0.15) is 6.20 Å². The highest BCUT2D eigenvalue weighted by atomic mass is 35.5. The Labute approximate surface area is 75.1 Å². The molecule has 1 heterocycles. The highest BCUT2D eigenvalue weighted by Crippen LogP contribution is 2.21. The van der Waals surface area contributed by atoms with E-state index in [1.165, 1.54) is 11.7 Å². The standard InChI is InChI=1S/C4H4ClN3O2.C2H6/c1-7-4(5)3(2-6-7)8(9)10;1-2/h2H,1H3;1-2H3. The van der Waals surface area contributed by atoms with Gasteiger partial charge in [-0.05, 0) is 0 Å². The minimum atomic E-state index is -0.574. The van der Waals surface area contributed by atoms with Crippen LogP contribution in [0.3, 0.4) is 0 Å². The topological polar surface area (TPSA) is 61.0 Å². The van der Waals surface area contributed by atoms with Gasteiger partial charge in [-0.15, -0.1) is 0 Å². The van der Waals surface area contributed by atoms with E-state index in [9.17, 15) is 10.1 Å². The zero-order chi connectivity index (χ0) is 9.72. The van der Waals surface area contributed by atoms with E-state index in [4.69, 9.17) is 11.6 Å². The largest absolute Gasteiger partial charge is 0.325 e. The first-order valence-corrected chi connectivity index (χ1v) is 3.82. The highest BCUT2D eigenvalue weighted by Gasteiger charge is 2.15. The fraction of sp³-hybridized carbons (Fsp3) is 0.500. The van der Waals surface area contributed by atoms with E-state index in [1.54, 1.807) is 0 Å². The van der Waals surface area contributed by atoms with E-state index in [0.29, 0.717) is 0 Å². The SMILES string of the molecule is CC.Cn1ncc([N+](=O)[O-])c1Cl. The van der Waals surface area contributed by atoms with Crippen LogP contribution in [0.4, 0.5) is 5.69 Å². The Morgan fingerprint density at radius 3 is 2.33 bits per heavy atom. The molecule has 0 amide bonds. The normalized spacial score (nSPS) is 8.67. The van der Waals surface area contributed by atoms with E-state index >= 15 is 0 Å². The molecule has 1 aromatic heterocycles. The maximum absolute atomic E-state index is 10.1. The van der Waals surface area contributed by atoms with Gasteiger partial charge < -0.3 is 0 Å². The smallest absolute Gasteiger partial charge is 0.258 e. The summed E-state index contributed by atoms with van der Waals surface area (Å²) in [6.45, 7) is 4.00. The van der Waals surface area contributed by atoms with Crippen LogP contribution in [-0.2, 0) is 7.05 Å². The van der Waals surface area contributed by atoms with Crippen molar-refractivity contribution in [2.45, 2.75) is 13.8 Å². The van der Waals surface area contributed by atoms with Crippen LogP contribution in [0.5, 0.6) is 0 Å². The predicted octanol–water partition coefficient (Wildman–Crippen LogP) is 2.01. The van der Waals surface area contributed by atoms with Crippen LogP contribution in [0.1, 0.15) is 13.8 Å². The number of aromatic nitrogens is 2. The minimum Gasteiger partial charge on any atom is -0.258 e. The number of halogens is 1. The third-order valence-corrected chi connectivity index (χ3v) is 1.48. The number of hydrogen-bond donors (Lipinski definition) is 0. The Bertz CT molecular complexity index is 272. The average Bonchev–Trinajstić information content (AvgIpc) is 2.37. The van der Waals surface area contributed by atoms with Gasteiger partial charge in [0, 0.05) is 7.05 Å². The molecule has 5 nitrogen and oxygen atoms in total. The summed E-state index contributed by atoms with van der Waals surface area (Å²) in [6.07, 6.45) is 1.11. The van der Waals surface area contributed by atoms with Gasteiger partial charge in [0.2, 0.25) is 5.15 Å². The molecule has 0 radical (unpaired) electrons. The van der Waals surface area contributed by atoms with Gasteiger partial charge in [-0.2, -0.15) is 5.10 Å². The molecule has 0 spiro atoms. The Balaban J connectivity index is 0.000000561. The summed E-state index contributed by atoms with van der Waals surface area (Å²) in [5, 5.41) is 13.7. The molecule has 0 atom stereocenters. The molecule has 0 N–H and O–H groups in total. The van der Waals surface area contributed by atoms with Crippen LogP contribution in [0.25, 0.3) is 0 Å². The minimum absolute atomic E-state index is 0.0463. The van der Waals surface area contributed by atoms with Gasteiger partial charge in [-0.3, -0.25) is 14.8 Å². The summed E-state index contributed by atoms with van der Waals surface area (Å²) in [4.78, 5) is 9.53. The number of rotatable bonds is 1.